The number of nitrogens with two attached hydrogens (primary N) is 1. The van der Waals surface area contributed by atoms with Crippen LogP contribution in [-0.4, -0.2) is 212 Å². The second kappa shape index (κ2) is 51.4. The van der Waals surface area contributed by atoms with E-state index in [1.807, 2.05) is 34.6 Å². The molecule has 0 fully saturated rings. The highest BCUT2D eigenvalue weighted by Crippen LogP contribution is 2.06. The van der Waals surface area contributed by atoms with Crippen molar-refractivity contribution in [2.45, 2.75) is 79.3 Å². The summed E-state index contributed by atoms with van der Waals surface area (Å²) in [5, 5.41) is 64.2. The maximum atomic E-state index is 11.9. The van der Waals surface area contributed by atoms with Crippen LogP contribution < -0.4 is 43.0 Å². The third kappa shape index (κ3) is 42.5. The van der Waals surface area contributed by atoms with E-state index in [1.54, 1.807) is 6.92 Å². The number of aliphatic hydroxyl groups is 5. The van der Waals surface area contributed by atoms with Crippen LogP contribution in [0.15, 0.2) is 0 Å². The lowest BCUT2D eigenvalue weighted by molar-refractivity contribution is -0.132. The molecule has 0 aromatic heterocycles. The van der Waals surface area contributed by atoms with E-state index in [4.69, 9.17) is 21.1 Å². The molecule has 14 N–H and O–H groups in total. The number of amides is 7. The Morgan fingerprint density at radius 1 is 0.587 bits per heavy atom. The number of hydrogen-bond acceptors (Lipinski definition) is 16. The van der Waals surface area contributed by atoms with Crippen LogP contribution in [0.25, 0.3) is 0 Å². The van der Waals surface area contributed by atoms with E-state index in [-0.39, 0.29) is 93.8 Å². The number of aliphatic hydroxyl groups excluding tert-OH is 5. The van der Waals surface area contributed by atoms with Gasteiger partial charge in [0.15, 0.2) is 0 Å². The standard InChI is InChI=1S/C12H25N3O4.C11H22N2O3.C10H21N3O4S.C4H8BrNO.C2H7N/c1-3-5-14-12(19)10(9-17)15(6-7-16)8-11(18)13-4-2;1-3-7-13-11(16)9(8-14)5-6-10(15)12-4-2;1-11-9(16)6-13(3-4-14)8(7-15)10(17)12-2-5-18;1-2-6-4(7)3-5;1-2-3/h10,16-17H,3-9H2,1-2H3,(H,13,18)(H,14,19);9,14H,3-8H2,1-2H3,(H,12,15)(H,13,16);8,14-15,18H,2-7H2,1H3,(H,11,16)(H,12,17);2-3H2,1H3,(H,6,7);2-3H2,1H3. The number of likely N-dealkylation sites (N-methyl/N-ethyl adjacent to an activating group) is 2. The van der Waals surface area contributed by atoms with Crippen LogP contribution in [0.1, 0.15) is 67.2 Å². The summed E-state index contributed by atoms with van der Waals surface area (Å²) in [6.07, 6.45) is 2.32. The number of carbonyl (C=O) groups is 7. The Labute approximate surface area is 388 Å². The third-order valence-corrected chi connectivity index (χ3v) is 8.38. The zero-order valence-electron chi connectivity index (χ0n) is 38.7. The topological polar surface area (TPSA) is 337 Å². The lowest BCUT2D eigenvalue weighted by Gasteiger charge is -2.28. The van der Waals surface area contributed by atoms with Crippen molar-refractivity contribution in [3.8, 4) is 0 Å². The van der Waals surface area contributed by atoms with Crippen LogP contribution in [0.3, 0.4) is 0 Å². The molecule has 22 nitrogen and oxygen atoms in total. The summed E-state index contributed by atoms with van der Waals surface area (Å²) in [5.74, 6) is -1.44. The molecule has 63 heavy (non-hydrogen) atoms. The maximum Gasteiger partial charge on any atom is 0.239 e. The number of carbonyl (C=O) groups excluding carboxylic acids is 7. The molecule has 0 bridgehead atoms. The predicted octanol–water partition coefficient (Wildman–Crippen LogP) is -3.74. The molecule has 0 aliphatic rings. The summed E-state index contributed by atoms with van der Waals surface area (Å²) in [6.45, 7) is 14.2. The first-order valence-corrected chi connectivity index (χ1v) is 23.1. The highest BCUT2D eigenvalue weighted by atomic mass is 79.9. The minimum absolute atomic E-state index is 0.0286. The van der Waals surface area contributed by atoms with Gasteiger partial charge in [0.05, 0.1) is 57.4 Å². The quantitative estimate of drug-likeness (QED) is 0.0253. The molecule has 0 aromatic rings. The van der Waals surface area contributed by atoms with E-state index in [0.29, 0.717) is 56.8 Å². The van der Waals surface area contributed by atoms with Crippen LogP contribution in [0.2, 0.25) is 0 Å². The molecule has 24 heteroatoms. The van der Waals surface area contributed by atoms with Crippen molar-refractivity contribution in [1.29, 1.82) is 0 Å². The summed E-state index contributed by atoms with van der Waals surface area (Å²) in [6, 6.07) is -1.67. The third-order valence-electron chi connectivity index (χ3n) is 7.64. The van der Waals surface area contributed by atoms with Gasteiger partial charge in [-0.05, 0) is 46.6 Å². The number of nitrogens with one attached hydrogen (secondary N) is 7. The number of rotatable bonds is 29. The maximum absolute atomic E-state index is 11.9. The molecule has 0 saturated carbocycles. The largest absolute Gasteiger partial charge is 0.396 e. The summed E-state index contributed by atoms with van der Waals surface area (Å²) >= 11 is 6.97. The lowest BCUT2D eigenvalue weighted by Crippen LogP contribution is -2.53. The van der Waals surface area contributed by atoms with Gasteiger partial charge in [-0.25, -0.2) is 0 Å². The zero-order valence-corrected chi connectivity index (χ0v) is 41.2. The Kier molecular flexibility index (Phi) is 56.2. The fourth-order valence-corrected chi connectivity index (χ4v) is 4.88. The summed E-state index contributed by atoms with van der Waals surface area (Å²) in [7, 11) is 1.48. The van der Waals surface area contributed by atoms with Crippen molar-refractivity contribution in [3.63, 3.8) is 0 Å². The number of nitrogens with zero attached hydrogens (tertiary/aromatic N) is 2. The number of thiol groups is 1. The SMILES string of the molecule is CCCNC(=O)C(CO)CCC(=O)NCC.CCCNC(=O)C(CO)N(CCO)CC(=O)NCC.CCN.CCNC(=O)CBr.CNC(=O)CN(CCO)C(CO)C(=O)NCCS. The lowest BCUT2D eigenvalue weighted by atomic mass is 10.0. The van der Waals surface area contributed by atoms with E-state index in [9.17, 15) is 43.8 Å². The Balaban J connectivity index is -0.000000241. The Morgan fingerprint density at radius 2 is 0.984 bits per heavy atom. The van der Waals surface area contributed by atoms with Gasteiger partial charge in [-0.1, -0.05) is 36.7 Å². The Bertz CT molecular complexity index is 1170. The van der Waals surface area contributed by atoms with Crippen LogP contribution in [0.4, 0.5) is 0 Å². The molecule has 374 valence electrons. The summed E-state index contributed by atoms with van der Waals surface area (Å²) < 4.78 is 0. The van der Waals surface area contributed by atoms with Crippen LogP contribution in [0.5, 0.6) is 0 Å². The smallest absolute Gasteiger partial charge is 0.239 e. The molecule has 0 aromatic carbocycles. The molecule has 3 unspecified atom stereocenters. The molecule has 0 aliphatic carbocycles. The fraction of sp³-hybridized carbons (Fsp3) is 0.821. The minimum Gasteiger partial charge on any atom is -0.396 e. The van der Waals surface area contributed by atoms with Gasteiger partial charge in [0.1, 0.15) is 12.1 Å². The van der Waals surface area contributed by atoms with Crippen molar-refractivity contribution >= 4 is 69.9 Å². The summed E-state index contributed by atoms with van der Waals surface area (Å²) in [4.78, 5) is 82.3. The second-order valence-corrected chi connectivity index (χ2v) is 13.9. The van der Waals surface area contributed by atoms with Gasteiger partial charge in [-0.3, -0.25) is 43.4 Å². The molecule has 7 amide bonds. The molecule has 0 rings (SSSR count). The van der Waals surface area contributed by atoms with Crippen molar-refractivity contribution in [3.05, 3.63) is 0 Å². The number of hydrogen-bond donors (Lipinski definition) is 14. The van der Waals surface area contributed by atoms with Gasteiger partial charge < -0.3 is 68.5 Å². The first kappa shape index (κ1) is 68.8. The number of halogens is 1. The van der Waals surface area contributed by atoms with Crippen molar-refractivity contribution in [2.24, 2.45) is 11.7 Å². The van der Waals surface area contributed by atoms with E-state index < -0.39 is 31.2 Å². The number of alkyl halides is 1. The van der Waals surface area contributed by atoms with Gasteiger partial charge in [0.2, 0.25) is 41.4 Å². The van der Waals surface area contributed by atoms with Gasteiger partial charge in [0, 0.05) is 71.6 Å². The molecule has 0 spiro atoms. The first-order chi connectivity index (χ1) is 30.1. The van der Waals surface area contributed by atoms with Crippen LogP contribution in [-0.2, 0) is 33.6 Å². The van der Waals surface area contributed by atoms with Gasteiger partial charge in [-0.2, -0.15) is 12.6 Å². The van der Waals surface area contributed by atoms with Crippen LogP contribution in [0, 0.1) is 5.92 Å². The van der Waals surface area contributed by atoms with E-state index in [0.717, 1.165) is 19.4 Å². The predicted molar refractivity (Wildman–Crippen MR) is 251 cm³/mol. The van der Waals surface area contributed by atoms with E-state index >= 15 is 0 Å². The highest BCUT2D eigenvalue weighted by molar-refractivity contribution is 9.09. The van der Waals surface area contributed by atoms with Gasteiger partial charge in [-0.15, -0.1) is 0 Å². The van der Waals surface area contributed by atoms with Crippen molar-refractivity contribution in [2.75, 3.05) is 123 Å². The molecule has 0 heterocycles. The molecule has 0 aliphatic heterocycles. The van der Waals surface area contributed by atoms with Crippen molar-refractivity contribution in [1.82, 2.24) is 47.0 Å². The van der Waals surface area contributed by atoms with E-state index in [1.165, 1.54) is 16.8 Å². The minimum atomic E-state index is -0.852. The first-order valence-electron chi connectivity index (χ1n) is 21.3. The molecule has 3 atom stereocenters. The van der Waals surface area contributed by atoms with Gasteiger partial charge >= 0.3 is 0 Å². The van der Waals surface area contributed by atoms with Gasteiger partial charge in [0.25, 0.3) is 0 Å². The molecular weight excluding hydrogens is 912 g/mol. The summed E-state index contributed by atoms with van der Waals surface area (Å²) in [5.41, 5.74) is 4.85. The normalized spacial score (nSPS) is 11.4. The molecule has 0 radical (unpaired) electrons. The average Bonchev–Trinajstić information content (AvgIpc) is 3.26. The van der Waals surface area contributed by atoms with Crippen molar-refractivity contribution < 1.29 is 59.1 Å². The molecular formula is C39H83BrN10O12S. The monoisotopic (exact) mass is 995 g/mol. The molecule has 0 saturated heterocycles. The fourth-order valence-electron chi connectivity index (χ4n) is 4.57. The van der Waals surface area contributed by atoms with Crippen LogP contribution >= 0.6 is 28.6 Å². The Morgan fingerprint density at radius 3 is 1.32 bits per heavy atom. The highest BCUT2D eigenvalue weighted by Gasteiger charge is 2.27. The zero-order chi connectivity index (χ0) is 49.4. The second-order valence-electron chi connectivity index (χ2n) is 12.9. The van der Waals surface area contributed by atoms with E-state index in [2.05, 4.69) is 65.8 Å². The Hall–Kier alpha value is -3.20. The average molecular weight is 996 g/mol.